The summed E-state index contributed by atoms with van der Waals surface area (Å²) in [6.45, 7) is 4.67. The second kappa shape index (κ2) is 16.6. The number of ketones is 1. The molecule has 3 aromatic rings. The number of oxime groups is 1. The normalized spacial score (nSPS) is 17.0. The van der Waals surface area contributed by atoms with Gasteiger partial charge in [0, 0.05) is 48.5 Å². The number of nitrogens with zero attached hydrogens (tertiary/aromatic N) is 4. The first kappa shape index (κ1) is 41.4. The number of nitrogen functional groups attached to an aromatic ring is 1. The van der Waals surface area contributed by atoms with Crippen LogP contribution in [0.1, 0.15) is 54.2 Å². The van der Waals surface area contributed by atoms with Crippen molar-refractivity contribution in [1.29, 1.82) is 0 Å². The molecule has 4 heterocycles. The Morgan fingerprint density at radius 3 is 2.28 bits per heavy atom. The van der Waals surface area contributed by atoms with Crippen LogP contribution in [-0.4, -0.2) is 107 Å². The van der Waals surface area contributed by atoms with E-state index in [1.165, 1.54) is 49.6 Å². The molecule has 298 valence electrons. The summed E-state index contributed by atoms with van der Waals surface area (Å²) in [4.78, 5) is 114. The molecule has 2 aliphatic heterocycles. The monoisotopic (exact) mass is 824 g/mol. The fraction of sp³-hybridized carbons (Fsp3) is 0.265. The van der Waals surface area contributed by atoms with Crippen molar-refractivity contribution in [2.45, 2.75) is 50.8 Å². The zero-order chi connectivity index (χ0) is 41.9. The number of nitrogens with two attached hydrogens (primary N) is 2. The summed E-state index contributed by atoms with van der Waals surface area (Å²) in [5.41, 5.74) is 8.81. The minimum absolute atomic E-state index is 0.0575. The van der Waals surface area contributed by atoms with E-state index in [0.717, 1.165) is 48.0 Å². The number of pyridine rings is 1. The Bertz CT molecular complexity index is 2270. The molecule has 3 atom stereocenters. The fourth-order valence-corrected chi connectivity index (χ4v) is 7.11. The van der Waals surface area contributed by atoms with Crippen LogP contribution in [-0.2, 0) is 33.6 Å². The van der Waals surface area contributed by atoms with E-state index >= 15 is 0 Å². The molecule has 0 spiro atoms. The van der Waals surface area contributed by atoms with Crippen LogP contribution < -0.4 is 31.6 Å². The average Bonchev–Trinajstić information content (AvgIpc) is 3.58. The molecule has 5 rings (SSSR count). The molecule has 57 heavy (non-hydrogen) atoms. The van der Waals surface area contributed by atoms with Crippen LogP contribution in [0.3, 0.4) is 0 Å². The summed E-state index contributed by atoms with van der Waals surface area (Å²) >= 11 is 1.98. The molecule has 3 amide bonds. The number of esters is 2. The second-order valence-corrected chi connectivity index (χ2v) is 14.5. The van der Waals surface area contributed by atoms with Crippen LogP contribution in [0.15, 0.2) is 58.3 Å². The van der Waals surface area contributed by atoms with Gasteiger partial charge in [0.05, 0.1) is 6.04 Å². The summed E-state index contributed by atoms with van der Waals surface area (Å²) < 4.78 is 10.1. The number of benzene rings is 1. The number of thioether (sulfide) groups is 1. The van der Waals surface area contributed by atoms with Gasteiger partial charge < -0.3 is 46.6 Å². The number of carbonyl (C=O) groups excluding carboxylic acids is 6. The molecular weight excluding hydrogens is 793 g/mol. The number of β-lactam (4-membered cyclic amide) rings is 1. The van der Waals surface area contributed by atoms with Crippen molar-refractivity contribution in [2.75, 3.05) is 16.8 Å². The highest BCUT2D eigenvalue weighted by Gasteiger charge is 2.55. The van der Waals surface area contributed by atoms with Gasteiger partial charge in [-0.25, -0.2) is 14.6 Å². The number of aromatic nitrogens is 2. The van der Waals surface area contributed by atoms with Crippen molar-refractivity contribution in [1.82, 2.24) is 20.2 Å². The lowest BCUT2D eigenvalue weighted by atomic mass is 9.95. The lowest BCUT2D eigenvalue weighted by Crippen LogP contribution is -2.71. The van der Waals surface area contributed by atoms with E-state index in [0.29, 0.717) is 0 Å². The van der Waals surface area contributed by atoms with E-state index in [-0.39, 0.29) is 50.6 Å². The molecular formula is C34H32N8O13S2. The standard InChI is InChI=1S/C34H32N8O13S2/c1-13(43)53-20-8-6-16(9-21(20)54-14(2)44)38-27(46)18-7-5-15(10-37-18)26(45)22(35)17-11-56-30-24(29(48)42(30)25(17)31(49)50)40-28(47)23(19-12-57-33(36)39-19)41-55-34(3,4)32(51)52/h5-10,12,22,24,30H,11,35H2,1-4H3,(H2,36,39)(H,38,46)(H,40,47)(H,49,50)(H,51,52)/b41-23-/t22?,24?,30-/m1/s1. The average molecular weight is 825 g/mol. The first-order valence-electron chi connectivity index (χ1n) is 16.3. The van der Waals surface area contributed by atoms with Crippen LogP contribution in [0.4, 0.5) is 10.8 Å². The lowest BCUT2D eigenvalue weighted by molar-refractivity contribution is -0.161. The molecule has 21 nitrogen and oxygen atoms in total. The SMILES string of the molecule is CC(=O)Oc1ccc(NC(=O)c2ccc(C(=O)C(N)C3=C(C(=O)O)N4C(=O)C(NC(=O)/C(=N\OC(C)(C)C(=O)O)c5csc(N)n5)[C@H]4SC3)cn2)cc1OC(C)=O. The Kier molecular flexibility index (Phi) is 12.0. The molecule has 2 aliphatic rings. The number of thiazole rings is 1. The minimum Gasteiger partial charge on any atom is -0.478 e. The number of hydrogen-bond donors (Lipinski definition) is 6. The van der Waals surface area contributed by atoms with Gasteiger partial charge in [0.15, 0.2) is 28.1 Å². The number of anilines is 2. The Labute approximate surface area is 329 Å². The molecule has 2 unspecified atom stereocenters. The number of carboxylic acids is 2. The molecule has 2 aromatic heterocycles. The summed E-state index contributed by atoms with van der Waals surface area (Å²) in [5.74, 6) is -8.02. The number of nitrogens with one attached hydrogen (secondary N) is 2. The molecule has 0 saturated carbocycles. The highest BCUT2D eigenvalue weighted by atomic mass is 32.2. The van der Waals surface area contributed by atoms with Gasteiger partial charge in [-0.3, -0.25) is 38.7 Å². The number of carbonyl (C=O) groups is 8. The molecule has 1 saturated heterocycles. The predicted molar refractivity (Wildman–Crippen MR) is 199 cm³/mol. The van der Waals surface area contributed by atoms with Crippen LogP contribution >= 0.6 is 23.1 Å². The Morgan fingerprint density at radius 1 is 1.02 bits per heavy atom. The van der Waals surface area contributed by atoms with Crippen molar-refractivity contribution < 1.29 is 62.9 Å². The van der Waals surface area contributed by atoms with Crippen LogP contribution in [0, 0.1) is 0 Å². The third-order valence-electron chi connectivity index (χ3n) is 7.99. The van der Waals surface area contributed by atoms with E-state index in [4.69, 9.17) is 25.8 Å². The zero-order valence-corrected chi connectivity index (χ0v) is 31.8. The first-order chi connectivity index (χ1) is 26.8. The van der Waals surface area contributed by atoms with Gasteiger partial charge >= 0.3 is 23.9 Å². The number of hydrogen-bond acceptors (Lipinski definition) is 18. The number of Topliss-reactive ketones (excluding diaryl/α,β-unsaturated/α-hetero) is 1. The van der Waals surface area contributed by atoms with E-state index in [9.17, 15) is 48.6 Å². The van der Waals surface area contributed by atoms with Crippen molar-refractivity contribution in [3.05, 3.63) is 70.1 Å². The zero-order valence-electron chi connectivity index (χ0n) is 30.1. The van der Waals surface area contributed by atoms with E-state index in [1.54, 1.807) is 0 Å². The Balaban J connectivity index is 1.29. The smallest absolute Gasteiger partial charge is 0.352 e. The van der Waals surface area contributed by atoms with Crippen molar-refractivity contribution in [2.24, 2.45) is 10.9 Å². The number of fused-ring (bicyclic) bond motifs is 1. The van der Waals surface area contributed by atoms with Crippen molar-refractivity contribution >= 4 is 87.0 Å². The summed E-state index contributed by atoms with van der Waals surface area (Å²) in [6, 6.07) is 3.55. The summed E-state index contributed by atoms with van der Waals surface area (Å²) in [6.07, 6.45) is 1.06. The number of rotatable bonds is 14. The van der Waals surface area contributed by atoms with E-state index < -0.39 is 81.8 Å². The van der Waals surface area contributed by atoms with Gasteiger partial charge in [0.2, 0.25) is 5.60 Å². The third-order valence-corrected chi connectivity index (χ3v) is 9.97. The van der Waals surface area contributed by atoms with Gasteiger partial charge in [0.1, 0.15) is 28.5 Å². The van der Waals surface area contributed by atoms with Gasteiger partial charge in [-0.05, 0) is 43.7 Å². The van der Waals surface area contributed by atoms with Crippen LogP contribution in [0.25, 0.3) is 0 Å². The Hall–Kier alpha value is -6.72. The second-order valence-electron chi connectivity index (χ2n) is 12.5. The quantitative estimate of drug-likeness (QED) is 0.0326. The van der Waals surface area contributed by atoms with Crippen molar-refractivity contribution in [3.63, 3.8) is 0 Å². The predicted octanol–water partition coefficient (Wildman–Crippen LogP) is 0.756. The number of aliphatic carboxylic acids is 2. The van der Waals surface area contributed by atoms with Crippen LogP contribution in [0.5, 0.6) is 11.5 Å². The third kappa shape index (κ3) is 9.06. The molecule has 23 heteroatoms. The van der Waals surface area contributed by atoms with Gasteiger partial charge in [-0.15, -0.1) is 23.1 Å². The van der Waals surface area contributed by atoms with Crippen LogP contribution in [0.2, 0.25) is 0 Å². The van der Waals surface area contributed by atoms with Gasteiger partial charge in [-0.1, -0.05) is 5.16 Å². The maximum absolute atomic E-state index is 13.5. The molecule has 1 aromatic carbocycles. The summed E-state index contributed by atoms with van der Waals surface area (Å²) in [5, 5.41) is 28.7. The van der Waals surface area contributed by atoms with Gasteiger partial charge in [-0.2, -0.15) is 0 Å². The number of carboxylic acid groups (broad SMARTS) is 2. The summed E-state index contributed by atoms with van der Waals surface area (Å²) in [7, 11) is 0. The number of amides is 3. The fourth-order valence-electron chi connectivity index (χ4n) is 5.16. The highest BCUT2D eigenvalue weighted by Crippen LogP contribution is 2.41. The topological polar surface area (TPSA) is 322 Å². The first-order valence-corrected chi connectivity index (χ1v) is 18.2. The van der Waals surface area contributed by atoms with E-state index in [1.807, 2.05) is 0 Å². The molecule has 1 fully saturated rings. The number of ether oxygens (including phenoxy) is 2. The maximum Gasteiger partial charge on any atom is 0.352 e. The van der Waals surface area contributed by atoms with Gasteiger partial charge in [0.25, 0.3) is 17.7 Å². The maximum atomic E-state index is 13.5. The largest absolute Gasteiger partial charge is 0.478 e. The molecule has 0 aliphatic carbocycles. The highest BCUT2D eigenvalue weighted by molar-refractivity contribution is 8.00. The minimum atomic E-state index is -1.85. The van der Waals surface area contributed by atoms with E-state index in [2.05, 4.69) is 25.8 Å². The van der Waals surface area contributed by atoms with Crippen molar-refractivity contribution in [3.8, 4) is 11.5 Å². The molecule has 0 radical (unpaired) electrons. The molecule has 0 bridgehead atoms. The Morgan fingerprint density at radius 2 is 1.70 bits per heavy atom. The lowest BCUT2D eigenvalue weighted by Gasteiger charge is -2.49. The molecule has 8 N–H and O–H groups in total.